The quantitative estimate of drug-likeness (QED) is 0.583. The first-order valence-corrected chi connectivity index (χ1v) is 8.03. The van der Waals surface area contributed by atoms with Gasteiger partial charge in [-0.2, -0.15) is 0 Å². The maximum atomic E-state index is 11.3. The molecule has 0 aromatic heterocycles. The molecule has 0 aliphatic carbocycles. The van der Waals surface area contributed by atoms with Gasteiger partial charge in [0.15, 0.2) is 0 Å². The zero-order valence-electron chi connectivity index (χ0n) is 13.5. The molecule has 0 fully saturated rings. The first-order valence-electron chi connectivity index (χ1n) is 7.28. The molecule has 9 heteroatoms. The van der Waals surface area contributed by atoms with Crippen molar-refractivity contribution in [2.75, 3.05) is 11.6 Å². The lowest BCUT2D eigenvalue weighted by atomic mass is 10.2. The van der Waals surface area contributed by atoms with Crippen molar-refractivity contribution >= 4 is 40.5 Å². The molecule has 7 nitrogen and oxygen atoms in total. The van der Waals surface area contributed by atoms with E-state index in [1.165, 1.54) is 36.2 Å². The molecule has 0 bridgehead atoms. The number of amides is 1. The summed E-state index contributed by atoms with van der Waals surface area (Å²) in [5.41, 5.74) is 2.58. The maximum absolute atomic E-state index is 11.3. The fraction of sp³-hybridized carbons (Fsp3) is 0.188. The molecule has 0 saturated carbocycles. The van der Waals surface area contributed by atoms with Crippen LogP contribution in [0.3, 0.4) is 0 Å². The van der Waals surface area contributed by atoms with Gasteiger partial charge in [-0.1, -0.05) is 23.2 Å². The van der Waals surface area contributed by atoms with Crippen molar-refractivity contribution in [2.45, 2.75) is 13.8 Å². The summed E-state index contributed by atoms with van der Waals surface area (Å²) in [4.78, 5) is 22.1. The molecule has 1 amide bonds. The second-order valence-electron chi connectivity index (χ2n) is 5.00. The number of ether oxygens (including phenoxy) is 1. The van der Waals surface area contributed by atoms with E-state index in [2.05, 4.69) is 5.43 Å². The summed E-state index contributed by atoms with van der Waals surface area (Å²) >= 11 is 11.9. The van der Waals surface area contributed by atoms with Gasteiger partial charge in [0.1, 0.15) is 17.2 Å². The zero-order valence-corrected chi connectivity index (χ0v) is 15.0. The molecular weight excluding hydrogens is 369 g/mol. The average molecular weight is 384 g/mol. The number of hydrogen-bond acceptors (Lipinski definition) is 5. The van der Waals surface area contributed by atoms with Gasteiger partial charge in [-0.25, -0.2) is 0 Å². The van der Waals surface area contributed by atoms with Gasteiger partial charge in [0.05, 0.1) is 9.95 Å². The number of nitrogens with zero attached hydrogens (tertiary/aromatic N) is 2. The molecule has 0 heterocycles. The van der Waals surface area contributed by atoms with Crippen molar-refractivity contribution < 1.29 is 14.5 Å². The Morgan fingerprint density at radius 1 is 1.28 bits per heavy atom. The SMILES string of the molecule is CCN(NC(C)=O)c1cc(Oc2ccc(Cl)cc2Cl)ccc1[N+](=O)[O-]. The van der Waals surface area contributed by atoms with Gasteiger partial charge in [-0.15, -0.1) is 0 Å². The van der Waals surface area contributed by atoms with E-state index < -0.39 is 4.92 Å². The summed E-state index contributed by atoms with van der Waals surface area (Å²) in [6.45, 7) is 3.40. The number of anilines is 1. The highest BCUT2D eigenvalue weighted by Crippen LogP contribution is 2.36. The van der Waals surface area contributed by atoms with Gasteiger partial charge in [-0.3, -0.25) is 25.3 Å². The third-order valence-corrected chi connectivity index (χ3v) is 3.70. The van der Waals surface area contributed by atoms with Crippen LogP contribution in [0.2, 0.25) is 10.0 Å². The van der Waals surface area contributed by atoms with E-state index in [9.17, 15) is 14.9 Å². The molecule has 0 atom stereocenters. The lowest BCUT2D eigenvalue weighted by molar-refractivity contribution is -0.384. The Morgan fingerprint density at radius 3 is 2.56 bits per heavy atom. The van der Waals surface area contributed by atoms with E-state index in [1.807, 2.05) is 0 Å². The molecule has 0 aliphatic rings. The van der Waals surface area contributed by atoms with Crippen molar-refractivity contribution in [3.8, 4) is 11.5 Å². The van der Waals surface area contributed by atoms with E-state index >= 15 is 0 Å². The molecule has 25 heavy (non-hydrogen) atoms. The minimum Gasteiger partial charge on any atom is -0.456 e. The Bertz CT molecular complexity index is 814. The lowest BCUT2D eigenvalue weighted by Gasteiger charge is -2.23. The van der Waals surface area contributed by atoms with Crippen LogP contribution >= 0.6 is 23.2 Å². The van der Waals surface area contributed by atoms with E-state index in [4.69, 9.17) is 27.9 Å². The van der Waals surface area contributed by atoms with Crippen LogP contribution in [0.5, 0.6) is 11.5 Å². The van der Waals surface area contributed by atoms with Crippen molar-refractivity contribution in [2.24, 2.45) is 0 Å². The van der Waals surface area contributed by atoms with Gasteiger partial charge in [0, 0.05) is 30.6 Å². The van der Waals surface area contributed by atoms with Crippen LogP contribution in [-0.4, -0.2) is 17.4 Å². The Labute approximate surface area is 154 Å². The molecule has 2 aromatic rings. The van der Waals surface area contributed by atoms with Gasteiger partial charge in [-0.05, 0) is 31.2 Å². The third kappa shape index (κ3) is 4.74. The predicted octanol–water partition coefficient (Wildman–Crippen LogP) is 4.57. The molecule has 0 unspecified atom stereocenters. The van der Waals surface area contributed by atoms with E-state index in [0.717, 1.165) is 0 Å². The largest absolute Gasteiger partial charge is 0.456 e. The Balaban J connectivity index is 2.42. The zero-order chi connectivity index (χ0) is 18.6. The van der Waals surface area contributed by atoms with Crippen molar-refractivity contribution in [3.05, 3.63) is 56.6 Å². The number of hydrazine groups is 1. The highest BCUT2D eigenvalue weighted by Gasteiger charge is 2.21. The van der Waals surface area contributed by atoms with Crippen molar-refractivity contribution in [1.29, 1.82) is 0 Å². The molecule has 1 N–H and O–H groups in total. The van der Waals surface area contributed by atoms with Crippen LogP contribution < -0.4 is 15.2 Å². The molecule has 0 saturated heterocycles. The first kappa shape index (κ1) is 18.8. The van der Waals surface area contributed by atoms with Crippen molar-refractivity contribution in [1.82, 2.24) is 5.43 Å². The van der Waals surface area contributed by atoms with Crippen molar-refractivity contribution in [3.63, 3.8) is 0 Å². The number of benzene rings is 2. The molecule has 0 radical (unpaired) electrons. The highest BCUT2D eigenvalue weighted by molar-refractivity contribution is 6.35. The number of nitro groups is 1. The number of nitro benzene ring substituents is 1. The Kier molecular flexibility index (Phi) is 6.06. The molecule has 132 valence electrons. The molecule has 0 spiro atoms. The predicted molar refractivity (Wildman–Crippen MR) is 96.5 cm³/mol. The summed E-state index contributed by atoms with van der Waals surface area (Å²) in [6, 6.07) is 8.96. The topological polar surface area (TPSA) is 84.7 Å². The van der Waals surface area contributed by atoms with Crippen LogP contribution in [0.25, 0.3) is 0 Å². The number of carbonyl (C=O) groups excluding carboxylic acids is 1. The molecule has 2 rings (SSSR count). The maximum Gasteiger partial charge on any atom is 0.294 e. The molecule has 2 aromatic carbocycles. The Hall–Kier alpha value is -2.51. The normalized spacial score (nSPS) is 10.2. The van der Waals surface area contributed by atoms with E-state index in [1.54, 1.807) is 19.1 Å². The summed E-state index contributed by atoms with van der Waals surface area (Å²) in [5.74, 6) is 0.338. The van der Waals surface area contributed by atoms with Gasteiger partial charge in [0.2, 0.25) is 5.91 Å². The standard InChI is InChI=1S/C16H15Cl2N3O4/c1-3-20(19-10(2)22)15-9-12(5-6-14(15)21(23)24)25-16-7-4-11(17)8-13(16)18/h4-9H,3H2,1-2H3,(H,19,22). The second-order valence-corrected chi connectivity index (χ2v) is 5.84. The number of halogens is 2. The van der Waals surface area contributed by atoms with E-state index in [-0.39, 0.29) is 17.3 Å². The van der Waals surface area contributed by atoms with Crippen LogP contribution in [0, 0.1) is 10.1 Å². The van der Waals surface area contributed by atoms with Gasteiger partial charge >= 0.3 is 0 Å². The highest BCUT2D eigenvalue weighted by atomic mass is 35.5. The fourth-order valence-electron chi connectivity index (χ4n) is 2.12. The summed E-state index contributed by atoms with van der Waals surface area (Å²) in [5, 5.41) is 13.4. The number of hydrogen-bond donors (Lipinski definition) is 1. The van der Waals surface area contributed by atoms with Crippen LogP contribution in [-0.2, 0) is 4.79 Å². The Morgan fingerprint density at radius 2 is 2.00 bits per heavy atom. The second kappa shape index (κ2) is 8.04. The monoisotopic (exact) mass is 383 g/mol. The summed E-state index contributed by atoms with van der Waals surface area (Å²) < 4.78 is 5.69. The van der Waals surface area contributed by atoms with Gasteiger partial charge < -0.3 is 4.74 Å². The number of nitrogens with one attached hydrogen (secondary N) is 1. The summed E-state index contributed by atoms with van der Waals surface area (Å²) in [7, 11) is 0. The minimum absolute atomic E-state index is 0.162. The van der Waals surface area contributed by atoms with Gasteiger partial charge in [0.25, 0.3) is 5.69 Å². The lowest BCUT2D eigenvalue weighted by Crippen LogP contribution is -2.41. The summed E-state index contributed by atoms with van der Waals surface area (Å²) in [6.07, 6.45) is 0. The van der Waals surface area contributed by atoms with Crippen LogP contribution in [0.4, 0.5) is 11.4 Å². The number of carbonyl (C=O) groups is 1. The molecule has 0 aliphatic heterocycles. The molecular formula is C16H15Cl2N3O4. The minimum atomic E-state index is -0.529. The first-order chi connectivity index (χ1) is 11.8. The smallest absolute Gasteiger partial charge is 0.294 e. The average Bonchev–Trinajstić information content (AvgIpc) is 2.54. The van der Waals surface area contributed by atoms with E-state index in [0.29, 0.717) is 28.1 Å². The van der Waals surface area contributed by atoms with Crippen LogP contribution in [0.1, 0.15) is 13.8 Å². The third-order valence-electron chi connectivity index (χ3n) is 3.16. The van der Waals surface area contributed by atoms with Crippen LogP contribution in [0.15, 0.2) is 36.4 Å². The number of rotatable bonds is 6. The fourth-order valence-corrected chi connectivity index (χ4v) is 2.57.